The Kier molecular flexibility index (Phi) is 48.7. The molecule has 0 aliphatic carbocycles. The van der Waals surface area contributed by atoms with Crippen LogP contribution in [0.15, 0.2) is 303 Å². The fourth-order valence-electron chi connectivity index (χ4n) is 14.6. The fraction of sp³-hybridized carbons (Fsp3) is 0.290. The van der Waals surface area contributed by atoms with Gasteiger partial charge < -0.3 is 80.7 Å². The van der Waals surface area contributed by atoms with Crippen molar-refractivity contribution in [3.63, 3.8) is 0 Å². The van der Waals surface area contributed by atoms with Crippen LogP contribution in [0.4, 0.5) is 57.4 Å². The second kappa shape index (κ2) is 61.2. The lowest BCUT2D eigenvalue weighted by atomic mass is 10.1. The molecule has 768 valence electrons. The molecule has 1 atom stereocenters. The van der Waals surface area contributed by atoms with Crippen molar-refractivity contribution in [2.45, 2.75) is 93.9 Å². The summed E-state index contributed by atoms with van der Waals surface area (Å²) in [5, 5.41) is 61.2. The number of carbonyl (C=O) groups excluding carboxylic acids is 6. The van der Waals surface area contributed by atoms with E-state index >= 15 is 0 Å². The number of aromatic nitrogens is 4. The zero-order chi connectivity index (χ0) is 105. The topological polar surface area (TPSA) is 349 Å². The molecule has 0 saturated carbocycles. The summed E-state index contributed by atoms with van der Waals surface area (Å²) in [5.41, 5.74) is 12.3. The van der Waals surface area contributed by atoms with E-state index in [-0.39, 0.29) is 74.2 Å². The molecule has 0 saturated heterocycles. The van der Waals surface area contributed by atoms with E-state index < -0.39 is 5.24 Å². The third-order valence-corrected chi connectivity index (χ3v) is 27.2. The average Bonchev–Trinajstić information content (AvgIpc) is 0.801. The van der Waals surface area contributed by atoms with Crippen molar-refractivity contribution in [3.05, 3.63) is 305 Å². The van der Waals surface area contributed by atoms with Gasteiger partial charge in [-0.25, -0.2) is 18.9 Å². The van der Waals surface area contributed by atoms with Gasteiger partial charge in [0.25, 0.3) is 52.8 Å². The molecular formula is C107H124Cl2N14O16S6. The predicted molar refractivity (Wildman–Crippen MR) is 592 cm³/mol. The summed E-state index contributed by atoms with van der Waals surface area (Å²) in [7, 11) is 7.58. The highest BCUT2D eigenvalue weighted by atomic mass is 35.5. The number of nitrogens with zero attached hydrogens (tertiary/aromatic N) is 11. The van der Waals surface area contributed by atoms with E-state index in [1.807, 2.05) is 243 Å². The van der Waals surface area contributed by atoms with Gasteiger partial charge in [0, 0.05) is 97.8 Å². The highest BCUT2D eigenvalue weighted by molar-refractivity contribution is 8.00. The van der Waals surface area contributed by atoms with Crippen LogP contribution < -0.4 is 93.3 Å². The SMILES string of the molecule is C/C=C/c1ccccc1.CCC(Sc1ccc2c(c1)OCC(=O)N2CCCN(C)c1cccc[n+]1[O-])c1ccccc1.CCCCN(C)c1cccc[n+]1[O-].CN(CCCN1C(=O)COc2cc(S)ccc21)c1cccc[n+]1[O-].CSc1ccc(N)c(O)c1.CSc1ccc2c(c1)OCC(=O)N2.CSc1ccc2c(c1)OCC(=O)N2.CSc1ccc2c(c1)OCC(=O)N2CCCN(C)c1cccc[n+]1[O-].O=C(Cl)CCl. The van der Waals surface area contributed by atoms with Gasteiger partial charge in [-0.2, -0.15) is 0 Å². The molecule has 0 radical (unpaired) electrons. The number of halogens is 2. The Morgan fingerprint density at radius 2 is 0.786 bits per heavy atom. The van der Waals surface area contributed by atoms with E-state index in [1.54, 1.807) is 116 Å². The summed E-state index contributed by atoms with van der Waals surface area (Å²) in [6, 6.07) is 76.4. The Hall–Kier alpha value is -13.2. The van der Waals surface area contributed by atoms with Crippen LogP contribution in [0.1, 0.15) is 75.7 Å². The Bertz CT molecular complexity index is 6150. The van der Waals surface area contributed by atoms with E-state index in [4.69, 9.17) is 57.7 Å². The predicted octanol–water partition coefficient (Wildman–Crippen LogP) is 19.4. The quantitative estimate of drug-likeness (QED) is 0.00425. The number of anilines is 10. The Labute approximate surface area is 885 Å². The minimum Gasteiger partial charge on any atom is -0.711 e. The first kappa shape index (κ1) is 115. The molecule has 0 spiro atoms. The number of hydrogen-bond acceptors (Lipinski definition) is 27. The smallest absolute Gasteiger partial charge is 0.279 e. The summed E-state index contributed by atoms with van der Waals surface area (Å²) >= 11 is 22.2. The second-order valence-electron chi connectivity index (χ2n) is 32.4. The van der Waals surface area contributed by atoms with E-state index in [0.29, 0.717) is 73.4 Å². The number of amides is 5. The first-order valence-corrected chi connectivity index (χ1v) is 53.6. The lowest BCUT2D eigenvalue weighted by molar-refractivity contribution is -0.592. The van der Waals surface area contributed by atoms with Crippen LogP contribution in [0.25, 0.3) is 6.08 Å². The number of rotatable bonds is 29. The second-order valence-corrected chi connectivity index (χ2v) is 38.4. The number of nitrogens with two attached hydrogens (primary N) is 1. The maximum absolute atomic E-state index is 12.6. The number of carbonyl (C=O) groups is 6. The minimum atomic E-state index is -0.508. The van der Waals surface area contributed by atoms with Gasteiger partial charge >= 0.3 is 0 Å². The highest BCUT2D eigenvalue weighted by Crippen LogP contribution is 2.44. The van der Waals surface area contributed by atoms with Gasteiger partial charge in [-0.1, -0.05) is 117 Å². The number of thioether (sulfide) groups is 5. The number of fused-ring (bicyclic) bond motifs is 5. The van der Waals surface area contributed by atoms with Gasteiger partial charge in [0.05, 0.1) is 119 Å². The van der Waals surface area contributed by atoms with Crippen molar-refractivity contribution in [2.24, 2.45) is 0 Å². The lowest BCUT2D eigenvalue weighted by Gasteiger charge is -2.30. The molecular weight excluding hydrogens is 2000 g/mol. The Balaban J connectivity index is 0.000000190. The van der Waals surface area contributed by atoms with E-state index in [2.05, 4.69) is 85.7 Å². The molecule has 0 fully saturated rings. The molecule has 5 amide bonds. The molecule has 30 nitrogen and oxygen atoms in total. The number of alkyl halides is 1. The molecule has 145 heavy (non-hydrogen) atoms. The number of thiol groups is 1. The van der Waals surface area contributed by atoms with Gasteiger partial charge in [-0.3, -0.25) is 48.4 Å². The summed E-state index contributed by atoms with van der Waals surface area (Å²) in [6.45, 7) is 11.4. The van der Waals surface area contributed by atoms with Crippen molar-refractivity contribution in [2.75, 3.05) is 189 Å². The molecule has 38 heteroatoms. The summed E-state index contributed by atoms with van der Waals surface area (Å²) in [5.74, 6) is 5.92. The lowest BCUT2D eigenvalue weighted by Crippen LogP contribution is -2.41. The maximum atomic E-state index is 12.6. The molecule has 0 bridgehead atoms. The van der Waals surface area contributed by atoms with Gasteiger partial charge in [0.2, 0.25) is 5.24 Å². The highest BCUT2D eigenvalue weighted by Gasteiger charge is 2.31. The molecule has 4 aromatic heterocycles. The summed E-state index contributed by atoms with van der Waals surface area (Å²) in [4.78, 5) is 87.6. The van der Waals surface area contributed by atoms with Crippen LogP contribution >= 0.6 is 94.6 Å². The van der Waals surface area contributed by atoms with Crippen molar-refractivity contribution < 1.29 is 76.5 Å². The number of nitrogens with one attached hydrogen (secondary N) is 2. The Morgan fingerprint density at radius 1 is 0.455 bits per heavy atom. The standard InChI is InChI=1S/C26H29N3O3S.C18H21N3O3S.C17H19N3O3S.C10H16N2O.2C9H9NO2S.C9H10.C7H9NOS.C2H2Cl2O/c1-3-24(20-10-5-4-6-11-20)33-21-13-14-22-23(18-21)32-19-26(30)28(22)16-9-15-27(2)25-12-7-8-17-29(25)31;1-19(17-6-3-4-11-21(17)23)9-5-10-20-15-8-7-14(25-2)12-16(15)24-13-18(20)22;1-18(16-5-2-3-10-20(16)22)8-4-9-19-14-7-6-13(24)11-15(14)23-12-17(19)21;1-3-4-8-11(2)10-7-5-6-9-12(10)13;2*1-13-6-2-3-7-8(4-6)12-5-9(11)10-7;1-2-6-9-7-4-3-5-8-9;1-10-5-2-3-6(8)7(9)4-5;3-1-2(4)5/h4-8,10-14,17-18,24H,3,9,15-16,19H2,1-2H3;3-4,6-8,11-12H,5,9-10,13H2,1-2H3;2-3,5-7,10-11,24H,4,8-9,12H2,1H3;5-7,9H,3-4,8H2,1-2H3;2*2-4H,5H2,1H3,(H,10,11);2-8H,1H3;2-4,9H,8H2,1H3;1H2/b;;;;;;6-2+;;. The van der Waals surface area contributed by atoms with Crippen LogP contribution in [-0.2, 0) is 28.8 Å². The molecule has 1 unspecified atom stereocenters. The number of allylic oxidation sites excluding steroid dienone is 1. The molecule has 5 aliphatic heterocycles. The van der Waals surface area contributed by atoms with Gasteiger partial charge in [-0.15, -0.1) is 83.0 Å². The number of hydrogen-bond donors (Lipinski definition) is 5. The first-order valence-electron chi connectivity index (χ1n) is 46.5. The zero-order valence-corrected chi connectivity index (χ0v) is 89.4. The van der Waals surface area contributed by atoms with Crippen LogP contribution in [0.5, 0.6) is 34.5 Å². The minimum absolute atomic E-state index is 0.0364. The monoisotopic (exact) mass is 2120 g/mol. The fourth-order valence-corrected chi connectivity index (χ4v) is 17.6. The molecule has 17 rings (SSSR count). The third-order valence-electron chi connectivity index (χ3n) is 22.1. The summed E-state index contributed by atoms with van der Waals surface area (Å²) < 4.78 is 30.7. The number of nitrogen functional groups attached to an aromatic ring is 1. The van der Waals surface area contributed by atoms with Gasteiger partial charge in [0.15, 0.2) is 33.0 Å². The van der Waals surface area contributed by atoms with Crippen LogP contribution in [-0.4, -0.2) is 178 Å². The number of phenols is 1. The molecule has 9 heterocycles. The first-order chi connectivity index (χ1) is 70.0. The Morgan fingerprint density at radius 3 is 1.15 bits per heavy atom. The van der Waals surface area contributed by atoms with Gasteiger partial charge in [-0.05, 0) is 201 Å². The van der Waals surface area contributed by atoms with Crippen LogP contribution in [0, 0.1) is 20.8 Å². The number of ether oxygens (including phenoxy) is 5. The zero-order valence-electron chi connectivity index (χ0n) is 82.9. The third kappa shape index (κ3) is 36.8. The molecule has 5 aliphatic rings. The van der Waals surface area contributed by atoms with Crippen molar-refractivity contribution in [1.29, 1.82) is 0 Å². The van der Waals surface area contributed by atoms with E-state index in [1.165, 1.54) is 35.9 Å². The number of pyridine rings is 4. The normalized spacial score (nSPS) is 12.7. The number of benzene rings is 8. The maximum Gasteiger partial charge on any atom is 0.279 e. The van der Waals surface area contributed by atoms with E-state index in [0.717, 1.165) is 151 Å². The van der Waals surface area contributed by atoms with Crippen molar-refractivity contribution in [1.82, 2.24) is 0 Å². The number of unbranched alkanes of at least 4 members (excludes halogenated alkanes) is 1. The molecule has 8 aromatic carbocycles. The average molecular weight is 2130 g/mol. The number of phenolic OH excluding ortho intramolecular Hbond substituents is 1. The number of aromatic hydroxyl groups is 1. The van der Waals surface area contributed by atoms with E-state index in [9.17, 15) is 49.6 Å². The van der Waals surface area contributed by atoms with Crippen molar-refractivity contribution >= 4 is 193 Å². The summed E-state index contributed by atoms with van der Waals surface area (Å²) in [6.07, 6.45) is 23.6. The van der Waals surface area contributed by atoms with Crippen LogP contribution in [0.2, 0.25) is 0 Å². The van der Waals surface area contributed by atoms with Crippen LogP contribution in [0.3, 0.4) is 0 Å². The van der Waals surface area contributed by atoms with Gasteiger partial charge in [0.1, 0.15) is 34.5 Å². The largest absolute Gasteiger partial charge is 0.711 e. The molecule has 5 N–H and O–H groups in total. The van der Waals surface area contributed by atoms with Crippen molar-refractivity contribution in [3.8, 4) is 34.5 Å². The molecule has 12 aromatic rings.